The van der Waals surface area contributed by atoms with Crippen LogP contribution in [0.3, 0.4) is 0 Å². The van der Waals surface area contributed by atoms with E-state index in [-0.39, 0.29) is 6.67 Å². The molecule has 0 rings (SSSR count). The highest BCUT2D eigenvalue weighted by atomic mass is 79.9. The zero-order valence-corrected chi connectivity index (χ0v) is 7.95. The van der Waals surface area contributed by atoms with Crippen LogP contribution in [0.25, 0.3) is 0 Å². The van der Waals surface area contributed by atoms with Crippen molar-refractivity contribution in [1.29, 1.82) is 0 Å². The lowest BCUT2D eigenvalue weighted by Gasteiger charge is -2.13. The predicted molar refractivity (Wildman–Crippen MR) is 46.5 cm³/mol. The molecule has 0 spiro atoms. The molecular weight excluding hydrogens is 197 g/mol. The summed E-state index contributed by atoms with van der Waals surface area (Å²) >= 11 is 3.35. The fourth-order valence-electron chi connectivity index (χ4n) is 0.841. The van der Waals surface area contributed by atoms with Gasteiger partial charge in [-0.3, -0.25) is 0 Å². The van der Waals surface area contributed by atoms with Crippen molar-refractivity contribution in [2.45, 2.75) is 25.8 Å². The van der Waals surface area contributed by atoms with E-state index in [1.54, 1.807) is 0 Å². The monoisotopic (exact) mass is 211 g/mol. The van der Waals surface area contributed by atoms with Crippen LogP contribution in [0.4, 0.5) is 4.39 Å². The third kappa shape index (κ3) is 5.18. The maximum Gasteiger partial charge on any atom is 0.102 e. The van der Waals surface area contributed by atoms with Crippen LogP contribution in [-0.4, -0.2) is 24.6 Å². The molecule has 0 amide bonds. The normalized spacial score (nSPS) is 13.5. The number of hydrogen-bond donors (Lipinski definition) is 1. The lowest BCUT2D eigenvalue weighted by atomic mass is 10.2. The van der Waals surface area contributed by atoms with Crippen LogP contribution in [0.15, 0.2) is 0 Å². The fraction of sp³-hybridized carbons (Fsp3) is 1.00. The standard InChI is InChI=1S/C7H15BrFN/c1-2-7(3-4-8)10-6-5-9/h7,10H,2-6H2,1H3. The zero-order valence-electron chi connectivity index (χ0n) is 6.37. The number of alkyl halides is 2. The molecule has 62 valence electrons. The Morgan fingerprint density at radius 2 is 2.30 bits per heavy atom. The Hall–Kier alpha value is 0.370. The highest BCUT2D eigenvalue weighted by Gasteiger charge is 2.02. The Bertz CT molecular complexity index is 70.6. The van der Waals surface area contributed by atoms with E-state index >= 15 is 0 Å². The lowest BCUT2D eigenvalue weighted by Crippen LogP contribution is -2.30. The summed E-state index contributed by atoms with van der Waals surface area (Å²) in [6.45, 7) is 2.34. The van der Waals surface area contributed by atoms with Gasteiger partial charge in [0.2, 0.25) is 0 Å². The minimum Gasteiger partial charge on any atom is -0.311 e. The molecule has 0 fully saturated rings. The highest BCUT2D eigenvalue weighted by molar-refractivity contribution is 9.09. The minimum atomic E-state index is -0.265. The van der Waals surface area contributed by atoms with Crippen molar-refractivity contribution in [3.63, 3.8) is 0 Å². The molecule has 0 aromatic heterocycles. The molecule has 0 saturated carbocycles. The van der Waals surface area contributed by atoms with E-state index in [1.807, 2.05) is 0 Å². The zero-order chi connectivity index (χ0) is 7.82. The Morgan fingerprint density at radius 1 is 1.60 bits per heavy atom. The minimum absolute atomic E-state index is 0.265. The van der Waals surface area contributed by atoms with E-state index in [2.05, 4.69) is 28.2 Å². The van der Waals surface area contributed by atoms with E-state index in [0.717, 1.165) is 18.2 Å². The average Bonchev–Trinajstić information content (AvgIpc) is 1.98. The third-order valence-electron chi connectivity index (χ3n) is 1.48. The number of rotatable bonds is 6. The van der Waals surface area contributed by atoms with Crippen LogP contribution in [0.5, 0.6) is 0 Å². The first-order chi connectivity index (χ1) is 4.85. The molecule has 0 aliphatic rings. The maximum atomic E-state index is 11.7. The Labute approximate surface area is 70.5 Å². The predicted octanol–water partition coefficient (Wildman–Crippen LogP) is 2.11. The summed E-state index contributed by atoms with van der Waals surface area (Å²) in [4.78, 5) is 0. The van der Waals surface area contributed by atoms with Crippen molar-refractivity contribution in [3.8, 4) is 0 Å². The topological polar surface area (TPSA) is 12.0 Å². The van der Waals surface area contributed by atoms with Gasteiger partial charge in [-0.05, 0) is 12.8 Å². The molecule has 1 N–H and O–H groups in total. The van der Waals surface area contributed by atoms with Crippen molar-refractivity contribution >= 4 is 15.9 Å². The summed E-state index contributed by atoms with van der Waals surface area (Å²) in [6, 6.07) is 0.482. The Balaban J connectivity index is 3.21. The second kappa shape index (κ2) is 7.48. The van der Waals surface area contributed by atoms with Gasteiger partial charge in [-0.1, -0.05) is 22.9 Å². The van der Waals surface area contributed by atoms with Crippen LogP contribution in [0, 0.1) is 0 Å². The molecule has 0 aliphatic heterocycles. The summed E-state index contributed by atoms with van der Waals surface area (Å²) in [5.74, 6) is 0. The van der Waals surface area contributed by atoms with Crippen molar-refractivity contribution in [1.82, 2.24) is 5.32 Å². The molecule has 0 aromatic carbocycles. The first-order valence-corrected chi connectivity index (χ1v) is 4.82. The smallest absolute Gasteiger partial charge is 0.102 e. The van der Waals surface area contributed by atoms with E-state index in [9.17, 15) is 4.39 Å². The van der Waals surface area contributed by atoms with Crippen molar-refractivity contribution < 1.29 is 4.39 Å². The van der Waals surface area contributed by atoms with E-state index < -0.39 is 0 Å². The fourth-order valence-corrected chi connectivity index (χ4v) is 1.39. The molecule has 1 nitrogen and oxygen atoms in total. The molecule has 3 heteroatoms. The van der Waals surface area contributed by atoms with Gasteiger partial charge in [-0.25, -0.2) is 4.39 Å². The van der Waals surface area contributed by atoms with Gasteiger partial charge in [0.15, 0.2) is 0 Å². The van der Waals surface area contributed by atoms with Crippen molar-refractivity contribution in [2.24, 2.45) is 0 Å². The molecule has 0 radical (unpaired) electrons. The van der Waals surface area contributed by atoms with Crippen LogP contribution >= 0.6 is 15.9 Å². The van der Waals surface area contributed by atoms with Crippen LogP contribution in [0.2, 0.25) is 0 Å². The second-order valence-corrected chi connectivity index (χ2v) is 3.02. The van der Waals surface area contributed by atoms with E-state index in [0.29, 0.717) is 12.6 Å². The number of hydrogen-bond acceptors (Lipinski definition) is 1. The van der Waals surface area contributed by atoms with Gasteiger partial charge in [-0.15, -0.1) is 0 Å². The average molecular weight is 212 g/mol. The summed E-state index contributed by atoms with van der Waals surface area (Å²) < 4.78 is 11.7. The van der Waals surface area contributed by atoms with E-state index in [1.165, 1.54) is 0 Å². The molecular formula is C7H15BrFN. The van der Waals surface area contributed by atoms with E-state index in [4.69, 9.17) is 0 Å². The molecule has 0 bridgehead atoms. The molecule has 0 heterocycles. The first-order valence-electron chi connectivity index (χ1n) is 3.70. The Kier molecular flexibility index (Phi) is 7.75. The molecule has 10 heavy (non-hydrogen) atoms. The van der Waals surface area contributed by atoms with Gasteiger partial charge in [0.1, 0.15) is 6.67 Å². The quantitative estimate of drug-likeness (QED) is 0.665. The van der Waals surface area contributed by atoms with Crippen LogP contribution in [0.1, 0.15) is 19.8 Å². The SMILES string of the molecule is CCC(CCBr)NCCF. The molecule has 0 aromatic rings. The van der Waals surface area contributed by atoms with Gasteiger partial charge in [0, 0.05) is 17.9 Å². The third-order valence-corrected chi connectivity index (χ3v) is 1.94. The second-order valence-electron chi connectivity index (χ2n) is 2.23. The summed E-state index contributed by atoms with van der Waals surface area (Å²) in [5.41, 5.74) is 0. The molecule has 0 aliphatic carbocycles. The maximum absolute atomic E-state index is 11.7. The summed E-state index contributed by atoms with van der Waals surface area (Å²) in [5, 5.41) is 4.11. The first kappa shape index (κ1) is 10.4. The van der Waals surface area contributed by atoms with Gasteiger partial charge in [0.05, 0.1) is 0 Å². The van der Waals surface area contributed by atoms with Gasteiger partial charge < -0.3 is 5.32 Å². The molecule has 1 unspecified atom stereocenters. The molecule has 1 atom stereocenters. The Morgan fingerprint density at radius 3 is 2.70 bits per heavy atom. The number of nitrogens with one attached hydrogen (secondary N) is 1. The summed E-state index contributed by atoms with van der Waals surface area (Å²) in [6.07, 6.45) is 2.15. The van der Waals surface area contributed by atoms with Gasteiger partial charge >= 0.3 is 0 Å². The van der Waals surface area contributed by atoms with Crippen LogP contribution < -0.4 is 5.32 Å². The van der Waals surface area contributed by atoms with Gasteiger partial charge in [0.25, 0.3) is 0 Å². The van der Waals surface area contributed by atoms with Gasteiger partial charge in [-0.2, -0.15) is 0 Å². The lowest BCUT2D eigenvalue weighted by molar-refractivity contribution is 0.418. The van der Waals surface area contributed by atoms with Crippen molar-refractivity contribution in [2.75, 3.05) is 18.5 Å². The molecule has 0 saturated heterocycles. The largest absolute Gasteiger partial charge is 0.311 e. The van der Waals surface area contributed by atoms with Crippen molar-refractivity contribution in [3.05, 3.63) is 0 Å². The summed E-state index contributed by atoms with van der Waals surface area (Å²) in [7, 11) is 0. The number of halogens is 2. The highest BCUT2D eigenvalue weighted by Crippen LogP contribution is 1.99. The van der Waals surface area contributed by atoms with Crippen LogP contribution in [-0.2, 0) is 0 Å².